The maximum absolute atomic E-state index is 11.8. The van der Waals surface area contributed by atoms with Crippen molar-refractivity contribution in [2.24, 2.45) is 0 Å². The highest BCUT2D eigenvalue weighted by molar-refractivity contribution is 7.89. The van der Waals surface area contributed by atoms with Crippen LogP contribution in [-0.2, 0) is 16.4 Å². The molecule has 2 rings (SSSR count). The largest absolute Gasteiger partial charge is 0.281 e. The number of aryl methyl sites for hydroxylation is 1. The molecule has 0 radical (unpaired) electrons. The smallest absolute Gasteiger partial charge is 0.243 e. The molecule has 3 N–H and O–H groups in total. The van der Waals surface area contributed by atoms with Crippen molar-refractivity contribution in [2.75, 3.05) is 6.54 Å². The van der Waals surface area contributed by atoms with Crippen LogP contribution in [0.2, 0.25) is 0 Å². The van der Waals surface area contributed by atoms with Crippen LogP contribution in [0.25, 0.3) is 0 Å². The molecule has 2 heterocycles. The minimum Gasteiger partial charge on any atom is -0.281 e. The summed E-state index contributed by atoms with van der Waals surface area (Å²) in [6.07, 6.45) is 3.12. The molecule has 0 aliphatic rings. The summed E-state index contributed by atoms with van der Waals surface area (Å²) < 4.78 is 26.1. The summed E-state index contributed by atoms with van der Waals surface area (Å²) in [7, 11) is -3.51. The van der Waals surface area contributed by atoms with Gasteiger partial charge in [-0.3, -0.25) is 10.2 Å². The number of H-pyrrole nitrogens is 2. The van der Waals surface area contributed by atoms with Crippen molar-refractivity contribution >= 4 is 10.0 Å². The highest BCUT2D eigenvalue weighted by atomic mass is 32.2. The number of nitrogens with one attached hydrogen (secondary N) is 3. The molecule has 0 aromatic carbocycles. The van der Waals surface area contributed by atoms with Crippen LogP contribution < -0.4 is 4.72 Å². The number of hydrogen-bond acceptors (Lipinski definition) is 5. The third-order valence-corrected chi connectivity index (χ3v) is 3.77. The molecule has 92 valence electrons. The molecule has 0 saturated carbocycles. The molecule has 0 spiro atoms. The van der Waals surface area contributed by atoms with E-state index in [-0.39, 0.29) is 11.4 Å². The zero-order chi connectivity index (χ0) is 12.3. The number of sulfonamides is 1. The molecule has 8 nitrogen and oxygen atoms in total. The lowest BCUT2D eigenvalue weighted by Gasteiger charge is -2.04. The molecule has 0 aliphatic heterocycles. The predicted octanol–water partition coefficient (Wildman–Crippen LogP) is -0.643. The molecule has 9 heteroatoms. The molecule has 0 fully saturated rings. The average molecular weight is 256 g/mol. The van der Waals surface area contributed by atoms with Crippen LogP contribution in [0.3, 0.4) is 0 Å². The predicted molar refractivity (Wildman–Crippen MR) is 58.6 cm³/mol. The first kappa shape index (κ1) is 11.7. The average Bonchev–Trinajstić information content (AvgIpc) is 2.88. The minimum absolute atomic E-state index is 0.162. The van der Waals surface area contributed by atoms with Crippen LogP contribution in [-0.4, -0.2) is 40.3 Å². The summed E-state index contributed by atoms with van der Waals surface area (Å²) in [5.41, 5.74) is 0.511. The van der Waals surface area contributed by atoms with Gasteiger partial charge in [-0.15, -0.1) is 0 Å². The molecular weight excluding hydrogens is 244 g/mol. The van der Waals surface area contributed by atoms with Crippen molar-refractivity contribution in [1.82, 2.24) is 30.1 Å². The lowest BCUT2D eigenvalue weighted by atomic mass is 10.4. The molecule has 0 bridgehead atoms. The number of aromatic nitrogens is 5. The fourth-order valence-corrected chi connectivity index (χ4v) is 2.51. The fraction of sp³-hybridized carbons (Fsp3) is 0.375. The summed E-state index contributed by atoms with van der Waals surface area (Å²) in [4.78, 5) is 4.06. The van der Waals surface area contributed by atoms with E-state index in [0.29, 0.717) is 17.9 Å². The van der Waals surface area contributed by atoms with Gasteiger partial charge in [0.05, 0.1) is 11.9 Å². The van der Waals surface area contributed by atoms with Crippen molar-refractivity contribution in [1.29, 1.82) is 0 Å². The van der Waals surface area contributed by atoms with Crippen molar-refractivity contribution < 1.29 is 8.42 Å². The molecule has 2 aromatic heterocycles. The zero-order valence-corrected chi connectivity index (χ0v) is 9.95. The monoisotopic (exact) mass is 256 g/mol. The molecular formula is C8H12N6O2S. The van der Waals surface area contributed by atoms with Gasteiger partial charge in [-0.05, 0) is 6.92 Å². The van der Waals surface area contributed by atoms with Crippen LogP contribution in [0, 0.1) is 6.92 Å². The van der Waals surface area contributed by atoms with Crippen LogP contribution in [0.4, 0.5) is 0 Å². The van der Waals surface area contributed by atoms with Crippen LogP contribution >= 0.6 is 0 Å². The van der Waals surface area contributed by atoms with Gasteiger partial charge in [0.15, 0.2) is 0 Å². The number of hydrogen-bond donors (Lipinski definition) is 3. The highest BCUT2D eigenvalue weighted by Crippen LogP contribution is 2.10. The Morgan fingerprint density at radius 2 is 2.18 bits per heavy atom. The number of nitrogens with zero attached hydrogens (tertiary/aromatic N) is 3. The standard InChI is InChI=1S/C8H12N6O2S/c1-6-7(4-10-13-6)17(15,16)12-3-2-8-9-5-11-14-8/h4-5,12H,2-3H2,1H3,(H,10,13)(H,9,11,14). The van der Waals surface area contributed by atoms with Gasteiger partial charge in [0.25, 0.3) is 0 Å². The normalized spacial score (nSPS) is 11.8. The van der Waals surface area contributed by atoms with Gasteiger partial charge in [0.2, 0.25) is 10.0 Å². The summed E-state index contributed by atoms with van der Waals surface area (Å²) in [5, 5.41) is 12.6. The molecule has 0 amide bonds. The summed E-state index contributed by atoms with van der Waals surface area (Å²) >= 11 is 0. The topological polar surface area (TPSA) is 116 Å². The maximum Gasteiger partial charge on any atom is 0.243 e. The first-order valence-corrected chi connectivity index (χ1v) is 6.42. The SMILES string of the molecule is Cc1[nH]ncc1S(=O)(=O)NCCc1ncn[nH]1. The summed E-state index contributed by atoms with van der Waals surface area (Å²) in [6, 6.07) is 0. The van der Waals surface area contributed by atoms with Crippen molar-refractivity contribution in [2.45, 2.75) is 18.2 Å². The van der Waals surface area contributed by atoms with Crippen LogP contribution in [0.5, 0.6) is 0 Å². The lowest BCUT2D eigenvalue weighted by Crippen LogP contribution is -2.26. The second-order valence-corrected chi connectivity index (χ2v) is 5.17. The van der Waals surface area contributed by atoms with Gasteiger partial charge in [0, 0.05) is 13.0 Å². The molecule has 0 saturated heterocycles. The van der Waals surface area contributed by atoms with E-state index in [1.54, 1.807) is 6.92 Å². The van der Waals surface area contributed by atoms with E-state index in [0.717, 1.165) is 0 Å². The first-order valence-electron chi connectivity index (χ1n) is 4.93. The van der Waals surface area contributed by atoms with Crippen LogP contribution in [0.1, 0.15) is 11.5 Å². The Hall–Kier alpha value is -1.74. The Bertz CT molecular complexity index is 573. The number of rotatable bonds is 5. The van der Waals surface area contributed by atoms with Gasteiger partial charge >= 0.3 is 0 Å². The van der Waals surface area contributed by atoms with E-state index in [1.807, 2.05) is 0 Å². The molecule has 0 aliphatic carbocycles. The van der Waals surface area contributed by atoms with Gasteiger partial charge in [0.1, 0.15) is 17.0 Å². The van der Waals surface area contributed by atoms with Crippen molar-refractivity contribution in [3.8, 4) is 0 Å². The second kappa shape index (κ2) is 4.63. The second-order valence-electron chi connectivity index (χ2n) is 3.44. The van der Waals surface area contributed by atoms with Gasteiger partial charge in [-0.1, -0.05) is 0 Å². The molecule has 0 atom stereocenters. The van der Waals surface area contributed by atoms with E-state index >= 15 is 0 Å². The van der Waals surface area contributed by atoms with E-state index in [9.17, 15) is 8.42 Å². The van der Waals surface area contributed by atoms with Crippen LogP contribution in [0.15, 0.2) is 17.4 Å². The Morgan fingerprint density at radius 1 is 1.35 bits per heavy atom. The third kappa shape index (κ3) is 2.68. The van der Waals surface area contributed by atoms with E-state index in [1.165, 1.54) is 12.5 Å². The lowest BCUT2D eigenvalue weighted by molar-refractivity contribution is 0.580. The van der Waals surface area contributed by atoms with Crippen molar-refractivity contribution in [3.05, 3.63) is 24.0 Å². The molecule has 2 aromatic rings. The molecule has 0 unspecified atom stereocenters. The summed E-state index contributed by atoms with van der Waals surface area (Å²) in [5.74, 6) is 0.636. The Balaban J connectivity index is 1.97. The van der Waals surface area contributed by atoms with Gasteiger partial charge in [-0.25, -0.2) is 18.1 Å². The summed E-state index contributed by atoms with van der Waals surface area (Å²) in [6.45, 7) is 1.90. The van der Waals surface area contributed by atoms with Gasteiger partial charge < -0.3 is 0 Å². The third-order valence-electron chi connectivity index (χ3n) is 2.19. The van der Waals surface area contributed by atoms with E-state index < -0.39 is 10.0 Å². The fourth-order valence-electron chi connectivity index (χ4n) is 1.34. The van der Waals surface area contributed by atoms with E-state index in [2.05, 4.69) is 30.1 Å². The van der Waals surface area contributed by atoms with Gasteiger partial charge in [-0.2, -0.15) is 10.2 Å². The highest BCUT2D eigenvalue weighted by Gasteiger charge is 2.17. The minimum atomic E-state index is -3.51. The van der Waals surface area contributed by atoms with E-state index in [4.69, 9.17) is 0 Å². The quantitative estimate of drug-likeness (QED) is 0.657. The zero-order valence-electron chi connectivity index (χ0n) is 9.14. The maximum atomic E-state index is 11.8. The van der Waals surface area contributed by atoms with Crippen molar-refractivity contribution in [3.63, 3.8) is 0 Å². The molecule has 17 heavy (non-hydrogen) atoms. The Labute approximate surface area is 97.9 Å². The number of aromatic amines is 2. The first-order chi connectivity index (χ1) is 8.09. The Morgan fingerprint density at radius 3 is 2.76 bits per heavy atom. The Kier molecular flexibility index (Phi) is 3.20.